The zero-order valence-electron chi connectivity index (χ0n) is 11.5. The van der Waals surface area contributed by atoms with Crippen molar-refractivity contribution in [3.63, 3.8) is 0 Å². The van der Waals surface area contributed by atoms with Crippen LogP contribution in [-0.4, -0.2) is 96.3 Å². The van der Waals surface area contributed by atoms with Crippen LogP contribution in [-0.2, 0) is 32.4 Å². The third kappa shape index (κ3) is 5.06. The molecule has 1 saturated heterocycles. The maximum absolute atomic E-state index is 11.6. The van der Waals surface area contributed by atoms with Crippen LogP contribution in [0.1, 0.15) is 12.8 Å². The Hall–Kier alpha value is -1.89. The molecule has 0 saturated carbocycles. The summed E-state index contributed by atoms with van der Waals surface area (Å²) in [6, 6.07) is 0. The van der Waals surface area contributed by atoms with E-state index in [1.54, 1.807) is 0 Å². The number of hydrogen-bond donors (Lipinski definition) is 5. The third-order valence-corrected chi connectivity index (χ3v) is 6.50. The Bertz CT molecular complexity index is 551. The molecule has 0 aromatic heterocycles. The summed E-state index contributed by atoms with van der Waals surface area (Å²) in [5.74, 6) is -8.22. The Balaban J connectivity index is 2.79. The molecule has 24 heavy (non-hydrogen) atoms. The van der Waals surface area contributed by atoms with E-state index in [1.165, 1.54) is 0 Å². The average molecular weight is 548 g/mol. The predicted octanol–water partition coefficient (Wildman–Crippen LogP) is -3.98. The number of carboxylic acid groups (broad SMARTS) is 2. The number of aliphatic hydroxyl groups is 3. The van der Waals surface area contributed by atoms with Gasteiger partial charge in [-0.2, -0.15) is 0 Å². The van der Waals surface area contributed by atoms with Crippen molar-refractivity contribution in [3.8, 4) is 0 Å². The summed E-state index contributed by atoms with van der Waals surface area (Å²) in [5.41, 5.74) is -2.99. The maximum atomic E-state index is 11.6. The van der Waals surface area contributed by atoms with Crippen LogP contribution >= 0.6 is 0 Å². The van der Waals surface area contributed by atoms with Crippen molar-refractivity contribution in [3.05, 3.63) is 0 Å². The number of hydrogen-bond acceptors (Lipinski definition) is 11. The van der Waals surface area contributed by atoms with Crippen molar-refractivity contribution in [1.82, 2.24) is 0 Å². The molecule has 1 fully saturated rings. The fourth-order valence-corrected chi connectivity index (χ4v) is 4.70. The first-order chi connectivity index (χ1) is 11.0. The Morgan fingerprint density at radius 1 is 1.04 bits per heavy atom. The minimum absolute atomic E-state index is 1.33. The Labute approximate surface area is 141 Å². The van der Waals surface area contributed by atoms with Crippen molar-refractivity contribution in [2.75, 3.05) is 0 Å². The summed E-state index contributed by atoms with van der Waals surface area (Å²) in [5, 5.41) is 45.4. The van der Waals surface area contributed by atoms with Gasteiger partial charge in [0.15, 0.2) is 0 Å². The normalized spacial score (nSPS) is 24.1. The van der Waals surface area contributed by atoms with Crippen LogP contribution in [0.3, 0.4) is 0 Å². The van der Waals surface area contributed by atoms with Gasteiger partial charge in [0.25, 0.3) is 0 Å². The van der Waals surface area contributed by atoms with Crippen molar-refractivity contribution >= 4 is 52.9 Å². The topological polar surface area (TPSA) is 214 Å². The zero-order chi connectivity index (χ0) is 18.7. The summed E-state index contributed by atoms with van der Waals surface area (Å²) in [7, 11) is 0. The van der Waals surface area contributed by atoms with Crippen LogP contribution in [0.2, 0.25) is 0 Å². The van der Waals surface area contributed by atoms with E-state index in [4.69, 9.17) is 10.2 Å². The van der Waals surface area contributed by atoms with Crippen LogP contribution in [0.4, 0.5) is 0 Å². The van der Waals surface area contributed by atoms with Crippen molar-refractivity contribution in [1.29, 1.82) is 0 Å². The van der Waals surface area contributed by atoms with E-state index in [2.05, 4.69) is 8.44 Å². The molecule has 14 heteroatoms. The fraction of sp³-hybridized carbons (Fsp3) is 0.500. The molecule has 0 aliphatic carbocycles. The average Bonchev–Trinajstić information content (AvgIpc) is 2.50. The van der Waals surface area contributed by atoms with Gasteiger partial charge in [-0.05, 0) is 0 Å². The number of carboxylic acids is 2. The van der Waals surface area contributed by atoms with E-state index in [9.17, 15) is 39.3 Å². The quantitative estimate of drug-likeness (QED) is 0.201. The minimum atomic E-state index is -4.61. The molecule has 0 radical (unpaired) electrons. The molecule has 13 nitrogen and oxygen atoms in total. The first kappa shape index (κ1) is 20.2. The van der Waals surface area contributed by atoms with E-state index in [-0.39, 0.29) is 0 Å². The van der Waals surface area contributed by atoms with Crippen LogP contribution in [0.15, 0.2) is 0 Å². The zero-order valence-corrected chi connectivity index (χ0v) is 15.0. The van der Waals surface area contributed by atoms with Gasteiger partial charge >= 0.3 is 142 Å². The van der Waals surface area contributed by atoms with Gasteiger partial charge in [0, 0.05) is 0 Å². The van der Waals surface area contributed by atoms with Gasteiger partial charge in [0.1, 0.15) is 0 Å². The van der Waals surface area contributed by atoms with Crippen molar-refractivity contribution < 1.29 is 57.9 Å². The van der Waals surface area contributed by atoms with Crippen molar-refractivity contribution in [2.24, 2.45) is 0 Å². The standard InChI is InChI=1S/C6H8O7.C4H6O6.Bi/c7-3(8)1-6(13,5(11)12)2-4(9)10;5-1(3(7)8)2(6)4(9)10;/h13H,1-2H2,(H,7,8)(H,9,10)(H,11,12);1-2,5-6H,(H,7,8)(H,9,10);/q;;+3/p-3. The number of rotatable bonds is 6. The Morgan fingerprint density at radius 3 is 1.88 bits per heavy atom. The first-order valence-electron chi connectivity index (χ1n) is 5.94. The molecule has 1 aliphatic rings. The number of aliphatic hydroxyl groups excluding tert-OH is 2. The second kappa shape index (κ2) is 7.79. The third-order valence-electron chi connectivity index (χ3n) is 2.57. The van der Waals surface area contributed by atoms with E-state index in [1.807, 2.05) is 0 Å². The van der Waals surface area contributed by atoms with Gasteiger partial charge in [-0.1, -0.05) is 0 Å². The molecular formula is C10H11BiO13. The summed E-state index contributed by atoms with van der Waals surface area (Å²) >= 11 is -4.61. The molecule has 3 unspecified atom stereocenters. The summed E-state index contributed by atoms with van der Waals surface area (Å²) in [4.78, 5) is 55.6. The van der Waals surface area contributed by atoms with Crippen LogP contribution < -0.4 is 0 Å². The van der Waals surface area contributed by atoms with Gasteiger partial charge in [0.2, 0.25) is 0 Å². The Kier molecular flexibility index (Phi) is 6.54. The number of carbonyl (C=O) groups excluding carboxylic acids is 3. The predicted molar refractivity (Wildman–Crippen MR) is 65.5 cm³/mol. The fourth-order valence-electron chi connectivity index (χ4n) is 1.39. The number of aliphatic carboxylic acids is 2. The van der Waals surface area contributed by atoms with Gasteiger partial charge in [-0.15, -0.1) is 0 Å². The Morgan fingerprint density at radius 2 is 1.50 bits per heavy atom. The molecule has 0 aromatic rings. The second-order valence-electron chi connectivity index (χ2n) is 4.48. The summed E-state index contributed by atoms with van der Waals surface area (Å²) in [6.07, 6.45) is -7.16. The van der Waals surface area contributed by atoms with Gasteiger partial charge in [-0.25, -0.2) is 0 Å². The second-order valence-corrected chi connectivity index (χ2v) is 8.35. The molecule has 0 spiro atoms. The van der Waals surface area contributed by atoms with E-state index in [0.29, 0.717) is 0 Å². The molecule has 3 atom stereocenters. The van der Waals surface area contributed by atoms with E-state index < -0.39 is 83.6 Å². The van der Waals surface area contributed by atoms with Gasteiger partial charge in [-0.3, -0.25) is 0 Å². The molecule has 0 bridgehead atoms. The van der Waals surface area contributed by atoms with Crippen LogP contribution in [0, 0.1) is 0 Å². The van der Waals surface area contributed by atoms with Crippen LogP contribution in [0.25, 0.3) is 0 Å². The van der Waals surface area contributed by atoms with Crippen molar-refractivity contribution in [2.45, 2.75) is 30.7 Å². The number of carbonyl (C=O) groups is 5. The summed E-state index contributed by atoms with van der Waals surface area (Å²) in [6.45, 7) is 0. The molecule has 0 amide bonds. The molecule has 0 aromatic carbocycles. The van der Waals surface area contributed by atoms with Gasteiger partial charge < -0.3 is 0 Å². The molecule has 1 aliphatic heterocycles. The van der Waals surface area contributed by atoms with E-state index in [0.717, 1.165) is 0 Å². The molecular weight excluding hydrogens is 537 g/mol. The molecule has 134 valence electrons. The summed E-state index contributed by atoms with van der Waals surface area (Å²) < 4.78 is 13.3. The monoisotopic (exact) mass is 548 g/mol. The van der Waals surface area contributed by atoms with Gasteiger partial charge in [0.05, 0.1) is 0 Å². The van der Waals surface area contributed by atoms with E-state index >= 15 is 0 Å². The molecule has 5 N–H and O–H groups in total. The SMILES string of the molecule is O=C(O)CC(O)(CC(=O)[O][Bi]1[O]C(=O)C(O)C(O)C(=O)[O]1)C(=O)O. The molecule has 1 rings (SSSR count). The molecule has 1 heterocycles. The first-order valence-corrected chi connectivity index (χ1v) is 10.2. The van der Waals surface area contributed by atoms with Crippen LogP contribution in [0.5, 0.6) is 0 Å².